The maximum Gasteiger partial charge on any atom is 0.249 e. The Morgan fingerprint density at radius 3 is 2.73 bits per heavy atom. The fourth-order valence-corrected chi connectivity index (χ4v) is 3.41. The van der Waals surface area contributed by atoms with Crippen molar-refractivity contribution < 1.29 is 9.53 Å². The number of nitrogens with zero attached hydrogens (tertiary/aromatic N) is 5. The van der Waals surface area contributed by atoms with Crippen LogP contribution < -0.4 is 10.1 Å². The van der Waals surface area contributed by atoms with Crippen molar-refractivity contribution in [3.05, 3.63) is 61.1 Å². The third-order valence-electron chi connectivity index (χ3n) is 4.02. The molecule has 4 rings (SSSR count). The predicted octanol–water partition coefficient (Wildman–Crippen LogP) is 3.70. The van der Waals surface area contributed by atoms with E-state index in [0.29, 0.717) is 10.8 Å². The fraction of sp³-hybridized carbons (Fsp3) is 0.190. The van der Waals surface area contributed by atoms with E-state index in [9.17, 15) is 4.79 Å². The van der Waals surface area contributed by atoms with Crippen molar-refractivity contribution >= 4 is 29.3 Å². The molecule has 1 amide bonds. The van der Waals surface area contributed by atoms with E-state index in [1.165, 1.54) is 11.8 Å². The van der Waals surface area contributed by atoms with Gasteiger partial charge in [0, 0.05) is 29.7 Å². The number of carbonyl (C=O) groups excluding carboxylic acids is 1. The van der Waals surface area contributed by atoms with Crippen LogP contribution in [0, 0.1) is 0 Å². The second-order valence-electron chi connectivity index (χ2n) is 6.69. The molecular weight excluding hydrogens is 400 g/mol. The summed E-state index contributed by atoms with van der Waals surface area (Å²) in [7, 11) is 0. The van der Waals surface area contributed by atoms with Gasteiger partial charge in [0.1, 0.15) is 5.75 Å². The number of para-hydroxylation sites is 1. The topological polar surface area (TPSA) is 94.3 Å². The highest BCUT2D eigenvalue weighted by molar-refractivity contribution is 7.99. The summed E-state index contributed by atoms with van der Waals surface area (Å²) < 4.78 is 7.56. The molecule has 0 aliphatic carbocycles. The van der Waals surface area contributed by atoms with Crippen LogP contribution in [0.25, 0.3) is 16.8 Å². The molecule has 8 nitrogen and oxygen atoms in total. The Hall–Kier alpha value is -3.46. The molecule has 4 aromatic rings. The Labute approximate surface area is 177 Å². The first-order valence-corrected chi connectivity index (χ1v) is 10.4. The molecule has 1 aromatic carbocycles. The molecule has 3 aromatic heterocycles. The van der Waals surface area contributed by atoms with Gasteiger partial charge < -0.3 is 4.74 Å². The van der Waals surface area contributed by atoms with Gasteiger partial charge in [-0.05, 0) is 38.1 Å². The van der Waals surface area contributed by atoms with E-state index >= 15 is 0 Å². The van der Waals surface area contributed by atoms with E-state index in [1.807, 2.05) is 56.4 Å². The van der Waals surface area contributed by atoms with Crippen LogP contribution in [0.15, 0.2) is 66.2 Å². The monoisotopic (exact) mass is 420 g/mol. The number of aromatic nitrogens is 5. The Morgan fingerprint density at radius 2 is 1.93 bits per heavy atom. The van der Waals surface area contributed by atoms with Crippen LogP contribution in [0.4, 0.5) is 5.95 Å². The van der Waals surface area contributed by atoms with Gasteiger partial charge in [0.05, 0.1) is 11.9 Å². The van der Waals surface area contributed by atoms with Crippen molar-refractivity contribution in [3.63, 3.8) is 0 Å². The van der Waals surface area contributed by atoms with Crippen LogP contribution in [0.3, 0.4) is 0 Å². The average Bonchev–Trinajstić information content (AvgIpc) is 3.14. The molecule has 0 saturated carbocycles. The summed E-state index contributed by atoms with van der Waals surface area (Å²) in [6.45, 7) is 3.99. The van der Waals surface area contributed by atoms with Crippen LogP contribution in [0.2, 0.25) is 0 Å². The number of nitrogens with one attached hydrogen (secondary N) is 1. The maximum atomic E-state index is 12.2. The van der Waals surface area contributed by atoms with Crippen molar-refractivity contribution in [1.29, 1.82) is 0 Å². The molecule has 0 aliphatic heterocycles. The van der Waals surface area contributed by atoms with Gasteiger partial charge >= 0.3 is 0 Å². The van der Waals surface area contributed by atoms with E-state index in [1.54, 1.807) is 23.0 Å². The van der Waals surface area contributed by atoms with E-state index in [2.05, 4.69) is 25.4 Å². The first-order valence-electron chi connectivity index (χ1n) is 9.40. The van der Waals surface area contributed by atoms with Crippen molar-refractivity contribution in [2.24, 2.45) is 0 Å². The fourth-order valence-electron chi connectivity index (χ4n) is 2.81. The normalized spacial score (nSPS) is 11.0. The second kappa shape index (κ2) is 8.91. The molecule has 1 N–H and O–H groups in total. The smallest absolute Gasteiger partial charge is 0.249 e. The molecule has 0 unspecified atom stereocenters. The number of ether oxygens (including phenoxy) is 1. The van der Waals surface area contributed by atoms with Gasteiger partial charge in [0.15, 0.2) is 10.8 Å². The second-order valence-corrected chi connectivity index (χ2v) is 7.63. The zero-order valence-electron chi connectivity index (χ0n) is 16.5. The molecule has 9 heteroatoms. The van der Waals surface area contributed by atoms with Crippen LogP contribution in [-0.4, -0.2) is 42.3 Å². The lowest BCUT2D eigenvalue weighted by molar-refractivity contribution is -0.113. The molecule has 0 bridgehead atoms. The minimum Gasteiger partial charge on any atom is -0.490 e. The lowest BCUT2D eigenvalue weighted by Gasteiger charge is -2.14. The van der Waals surface area contributed by atoms with Gasteiger partial charge in [-0.15, -0.1) is 5.10 Å². The number of fused-ring (bicyclic) bond motifs is 1. The zero-order chi connectivity index (χ0) is 20.9. The number of hydrogen-bond donors (Lipinski definition) is 1. The van der Waals surface area contributed by atoms with Gasteiger partial charge in [-0.3, -0.25) is 10.1 Å². The van der Waals surface area contributed by atoms with E-state index in [-0.39, 0.29) is 23.7 Å². The van der Waals surface area contributed by atoms with Gasteiger partial charge in [-0.2, -0.15) is 4.98 Å². The molecule has 0 saturated heterocycles. The summed E-state index contributed by atoms with van der Waals surface area (Å²) in [5.41, 5.74) is 2.54. The maximum absolute atomic E-state index is 12.2. The molecule has 0 aliphatic rings. The number of amides is 1. The number of carbonyl (C=O) groups is 1. The van der Waals surface area contributed by atoms with Gasteiger partial charge in [0.2, 0.25) is 11.9 Å². The zero-order valence-corrected chi connectivity index (χ0v) is 17.3. The minimum atomic E-state index is -0.223. The number of thioether (sulfide) groups is 1. The Morgan fingerprint density at radius 1 is 1.13 bits per heavy atom. The number of pyridine rings is 1. The Balaban J connectivity index is 1.50. The number of benzene rings is 1. The first-order chi connectivity index (χ1) is 14.6. The molecule has 0 spiro atoms. The van der Waals surface area contributed by atoms with Gasteiger partial charge in [-0.1, -0.05) is 30.0 Å². The van der Waals surface area contributed by atoms with Crippen LogP contribution in [0.5, 0.6) is 5.75 Å². The van der Waals surface area contributed by atoms with Crippen LogP contribution >= 0.6 is 11.8 Å². The lowest BCUT2D eigenvalue weighted by atomic mass is 10.1. The number of rotatable bonds is 7. The summed E-state index contributed by atoms with van der Waals surface area (Å²) >= 11 is 1.25. The quantitative estimate of drug-likeness (QED) is 0.360. The molecule has 0 radical (unpaired) electrons. The average molecular weight is 420 g/mol. The summed E-state index contributed by atoms with van der Waals surface area (Å²) in [4.78, 5) is 24.7. The standard InChI is InChI=1S/C21H20N6O2S/c1-14(2)29-17-7-4-3-6-16(17)15-8-9-18-24-20(26-27(18)12-15)25-19(28)13-30-21-22-10-5-11-23-21/h3-12,14H,13H2,1-2H3,(H,25,26,28). The molecule has 3 heterocycles. The third kappa shape index (κ3) is 4.74. The van der Waals surface area contributed by atoms with Crippen LogP contribution in [-0.2, 0) is 4.79 Å². The van der Waals surface area contributed by atoms with Crippen molar-refractivity contribution in [2.45, 2.75) is 25.1 Å². The summed E-state index contributed by atoms with van der Waals surface area (Å²) in [6, 6.07) is 13.4. The SMILES string of the molecule is CC(C)Oc1ccccc1-c1ccc2nc(NC(=O)CSc3ncccn3)nn2c1. The summed E-state index contributed by atoms with van der Waals surface area (Å²) in [6.07, 6.45) is 5.22. The Kier molecular flexibility index (Phi) is 5.89. The van der Waals surface area contributed by atoms with E-state index < -0.39 is 0 Å². The predicted molar refractivity (Wildman–Crippen MR) is 116 cm³/mol. The van der Waals surface area contributed by atoms with E-state index in [0.717, 1.165) is 16.9 Å². The van der Waals surface area contributed by atoms with Crippen LogP contribution in [0.1, 0.15) is 13.8 Å². The molecule has 152 valence electrons. The van der Waals surface area contributed by atoms with Gasteiger partial charge in [-0.25, -0.2) is 14.5 Å². The number of hydrogen-bond acceptors (Lipinski definition) is 7. The minimum absolute atomic E-state index is 0.0715. The van der Waals surface area contributed by atoms with Crippen molar-refractivity contribution in [2.75, 3.05) is 11.1 Å². The van der Waals surface area contributed by atoms with Crippen molar-refractivity contribution in [3.8, 4) is 16.9 Å². The highest BCUT2D eigenvalue weighted by Gasteiger charge is 2.12. The Bertz CT molecular complexity index is 1160. The molecular formula is C21H20N6O2S. The van der Waals surface area contributed by atoms with E-state index in [4.69, 9.17) is 4.74 Å². The molecule has 0 atom stereocenters. The number of anilines is 1. The molecule has 0 fully saturated rings. The highest BCUT2D eigenvalue weighted by atomic mass is 32.2. The first kappa shape index (κ1) is 19.8. The third-order valence-corrected chi connectivity index (χ3v) is 4.89. The lowest BCUT2D eigenvalue weighted by Crippen LogP contribution is -2.15. The van der Waals surface area contributed by atoms with Crippen molar-refractivity contribution in [1.82, 2.24) is 24.6 Å². The summed E-state index contributed by atoms with van der Waals surface area (Å²) in [5.74, 6) is 1.00. The highest BCUT2D eigenvalue weighted by Crippen LogP contribution is 2.30. The van der Waals surface area contributed by atoms with Gasteiger partial charge in [0.25, 0.3) is 0 Å². The largest absolute Gasteiger partial charge is 0.490 e. The molecule has 30 heavy (non-hydrogen) atoms. The summed E-state index contributed by atoms with van der Waals surface area (Å²) in [5, 5.41) is 7.64.